The Balaban J connectivity index is 0.000000287. The summed E-state index contributed by atoms with van der Waals surface area (Å²) >= 11 is -0.216. The second kappa shape index (κ2) is 24.6. The van der Waals surface area contributed by atoms with E-state index in [1.807, 2.05) is 0 Å². The number of hydrogen-bond donors (Lipinski definition) is 0. The predicted molar refractivity (Wildman–Crippen MR) is 280 cm³/mol. The average molecular weight is 1030 g/mol. The van der Waals surface area contributed by atoms with Crippen molar-refractivity contribution in [3.63, 3.8) is 0 Å². The van der Waals surface area contributed by atoms with Crippen LogP contribution in [0.3, 0.4) is 0 Å². The molecule has 1 saturated heterocycles. The summed E-state index contributed by atoms with van der Waals surface area (Å²) in [6, 6.07) is 33.5. The minimum atomic E-state index is -0.216. The fourth-order valence-corrected chi connectivity index (χ4v) is 19.1. The molecule has 0 atom stereocenters. The molecule has 354 valence electrons. The third-order valence-electron chi connectivity index (χ3n) is 15.3. The van der Waals surface area contributed by atoms with Crippen LogP contribution in [0.4, 0.5) is 11.4 Å². The standard InChI is InChI=1S/C35H38N2.C18H33P.C7H6.2ClH.Ru/c1-22-11-9-12-23(2)32(22)30-17-15-26(5)34(28(30)7)36-19-20-37(21-36)35-27(6)16-18-31(29(35)8)33-24(3)13-10-14-25(33)4;1-4-10-16(11-5-1)19(17-12-6-2-7-13-17)18-14-8-3-9-15-18;1-7-5-3-2-4-6-7;;;/h9-18H,19-20H2,1-8H3;16-18H,1-15H2;1-6H;2*1H;/q;;;;;+2/p-2. The monoisotopic (exact) mass is 1030 g/mol. The van der Waals surface area contributed by atoms with E-state index in [4.69, 9.17) is 0 Å². The van der Waals surface area contributed by atoms with Crippen LogP contribution in [-0.2, 0) is 16.2 Å². The molecule has 6 heteroatoms. The SMILES string of the molecule is C1CCC(P(C2CCCCC2)C2CCCCC2)CC1.Cc1cccc(C)c1-c1ccc(C)c(N2CCN(c3c(C)ccc(-c4c(C)cccc4C)c3C)[C]2=[Ru+2]=[CH]c2ccccc2)c1C.[Cl-].[Cl-]. The number of anilines is 2. The quantitative estimate of drug-likeness (QED) is 0.113. The first-order chi connectivity index (χ1) is 31.1. The van der Waals surface area contributed by atoms with Crippen molar-refractivity contribution in [1.29, 1.82) is 0 Å². The summed E-state index contributed by atoms with van der Waals surface area (Å²) in [6.07, 6.45) is 23.6. The van der Waals surface area contributed by atoms with Crippen molar-refractivity contribution in [3.05, 3.63) is 141 Å². The van der Waals surface area contributed by atoms with Crippen molar-refractivity contribution in [1.82, 2.24) is 0 Å². The summed E-state index contributed by atoms with van der Waals surface area (Å²) in [7, 11) is 0.385. The second-order valence-corrected chi connectivity index (χ2v) is 24.7. The van der Waals surface area contributed by atoms with Crippen molar-refractivity contribution in [3.8, 4) is 22.3 Å². The van der Waals surface area contributed by atoms with Gasteiger partial charge in [-0.25, -0.2) is 0 Å². The summed E-state index contributed by atoms with van der Waals surface area (Å²) < 4.78 is 3.91. The molecule has 0 amide bonds. The van der Waals surface area contributed by atoms with Crippen LogP contribution < -0.4 is 34.6 Å². The van der Waals surface area contributed by atoms with Crippen molar-refractivity contribution >= 4 is 28.3 Å². The zero-order chi connectivity index (χ0) is 44.7. The van der Waals surface area contributed by atoms with Gasteiger partial charge in [0.2, 0.25) is 0 Å². The Morgan fingerprint density at radius 3 is 1.15 bits per heavy atom. The molecule has 0 spiro atoms. The van der Waals surface area contributed by atoms with E-state index in [1.54, 1.807) is 77.0 Å². The smallest absolute Gasteiger partial charge is 1.00 e. The number of aryl methyl sites for hydroxylation is 6. The molecular formula is C60H77Cl2N2PRu. The van der Waals surface area contributed by atoms with Crippen LogP contribution in [0.15, 0.2) is 91.0 Å². The first-order valence-corrected chi connectivity index (χ1v) is 28.6. The molecule has 4 fully saturated rings. The third-order valence-corrected chi connectivity index (χ3v) is 21.6. The largest absolute Gasteiger partial charge is 1.00 e. The minimum Gasteiger partial charge on any atom is -1.00 e. The molecule has 3 aliphatic carbocycles. The number of nitrogens with zero attached hydrogens (tertiary/aromatic N) is 2. The van der Waals surface area contributed by atoms with E-state index in [0.29, 0.717) is 7.92 Å². The maximum absolute atomic E-state index is 2.66. The van der Waals surface area contributed by atoms with Gasteiger partial charge in [0.25, 0.3) is 0 Å². The van der Waals surface area contributed by atoms with Gasteiger partial charge in [-0.3, -0.25) is 0 Å². The molecule has 5 aromatic carbocycles. The van der Waals surface area contributed by atoms with Crippen LogP contribution >= 0.6 is 7.92 Å². The third kappa shape index (κ3) is 11.7. The van der Waals surface area contributed by atoms with Crippen LogP contribution in [0.25, 0.3) is 22.3 Å². The number of benzene rings is 5. The molecule has 5 aromatic rings. The summed E-state index contributed by atoms with van der Waals surface area (Å²) in [5.74, 6) is 0. The average Bonchev–Trinajstić information content (AvgIpc) is 3.71. The molecule has 4 aliphatic rings. The Kier molecular flexibility index (Phi) is 19.5. The van der Waals surface area contributed by atoms with Gasteiger partial charge in [0.1, 0.15) is 0 Å². The van der Waals surface area contributed by atoms with Crippen molar-refractivity contribution in [2.24, 2.45) is 0 Å². The number of rotatable bonds is 8. The van der Waals surface area contributed by atoms with Crippen molar-refractivity contribution in [2.75, 3.05) is 22.9 Å². The summed E-state index contributed by atoms with van der Waals surface area (Å²) in [5.41, 5.74) is 23.7. The Bertz CT molecular complexity index is 2250. The normalized spacial score (nSPS) is 17.2. The van der Waals surface area contributed by atoms with Crippen LogP contribution in [-0.4, -0.2) is 39.0 Å². The molecule has 1 heterocycles. The summed E-state index contributed by atoms with van der Waals surface area (Å²) in [6.45, 7) is 20.1. The summed E-state index contributed by atoms with van der Waals surface area (Å²) in [4.78, 5) is 5.31. The zero-order valence-electron chi connectivity index (χ0n) is 41.4. The summed E-state index contributed by atoms with van der Waals surface area (Å²) in [5, 5.41) is 0. The minimum absolute atomic E-state index is 0. The molecule has 2 nitrogen and oxygen atoms in total. The van der Waals surface area contributed by atoms with E-state index in [9.17, 15) is 0 Å². The van der Waals surface area contributed by atoms with E-state index in [0.717, 1.165) is 13.1 Å². The second-order valence-electron chi connectivity index (χ2n) is 19.8. The first kappa shape index (κ1) is 52.4. The van der Waals surface area contributed by atoms with Gasteiger partial charge in [0, 0.05) is 0 Å². The molecule has 0 N–H and O–H groups in total. The first-order valence-electron chi connectivity index (χ1n) is 25.1. The molecular weight excluding hydrogens is 952 g/mol. The van der Waals surface area contributed by atoms with Crippen molar-refractivity contribution < 1.29 is 41.0 Å². The molecule has 9 rings (SSSR count). The Hall–Kier alpha value is -2.93. The Morgan fingerprint density at radius 1 is 0.424 bits per heavy atom. The molecule has 0 bridgehead atoms. The molecule has 0 radical (unpaired) electrons. The predicted octanol–water partition coefficient (Wildman–Crippen LogP) is 10.3. The van der Waals surface area contributed by atoms with Gasteiger partial charge in [-0.15, -0.1) is 0 Å². The zero-order valence-corrected chi connectivity index (χ0v) is 45.6. The van der Waals surface area contributed by atoms with Gasteiger partial charge < -0.3 is 24.8 Å². The van der Waals surface area contributed by atoms with E-state index < -0.39 is 0 Å². The maximum Gasteiger partial charge on any atom is -1.00 e. The van der Waals surface area contributed by atoms with E-state index in [-0.39, 0.29) is 41.0 Å². The van der Waals surface area contributed by atoms with Crippen LogP contribution in [0, 0.1) is 55.4 Å². The van der Waals surface area contributed by atoms with E-state index >= 15 is 0 Å². The Morgan fingerprint density at radius 2 is 0.788 bits per heavy atom. The van der Waals surface area contributed by atoms with Crippen LogP contribution in [0.1, 0.15) is 146 Å². The van der Waals surface area contributed by atoms with Crippen molar-refractivity contribution in [2.45, 2.75) is 169 Å². The van der Waals surface area contributed by atoms with Crippen LogP contribution in [0.5, 0.6) is 0 Å². The van der Waals surface area contributed by atoms with Crippen LogP contribution in [0.2, 0.25) is 0 Å². The van der Waals surface area contributed by atoms with Gasteiger partial charge in [-0.05, 0) is 55.5 Å². The van der Waals surface area contributed by atoms with Gasteiger partial charge in [-0.2, -0.15) is 0 Å². The van der Waals surface area contributed by atoms with Gasteiger partial charge in [0.05, 0.1) is 0 Å². The van der Waals surface area contributed by atoms with E-state index in [2.05, 4.69) is 161 Å². The van der Waals surface area contributed by atoms with Gasteiger partial charge in [-0.1, -0.05) is 65.7 Å². The number of hydrogen-bond acceptors (Lipinski definition) is 2. The maximum atomic E-state index is 2.66. The fraction of sp³-hybridized carbons (Fsp3) is 0.467. The molecule has 1 aliphatic heterocycles. The number of halogens is 2. The van der Waals surface area contributed by atoms with E-state index in [1.165, 1.54) is 124 Å². The topological polar surface area (TPSA) is 6.48 Å². The molecule has 0 aromatic heterocycles. The molecule has 66 heavy (non-hydrogen) atoms. The van der Waals surface area contributed by atoms with Gasteiger partial charge >= 0.3 is 278 Å². The van der Waals surface area contributed by atoms with Gasteiger partial charge in [0.15, 0.2) is 0 Å². The fourth-order valence-electron chi connectivity index (χ4n) is 12.2. The Labute approximate surface area is 421 Å². The molecule has 3 saturated carbocycles. The molecule has 0 unspecified atom stereocenters.